The van der Waals surface area contributed by atoms with E-state index in [1.54, 1.807) is 14.2 Å². The highest BCUT2D eigenvalue weighted by atomic mass is 35.5. The molecule has 2 atom stereocenters. The Morgan fingerprint density at radius 3 is 2.77 bits per heavy atom. The molecule has 6 heteroatoms. The number of carbonyl (C=O) groups excluding carboxylic acids is 1. The molecule has 2 unspecified atom stereocenters. The Morgan fingerprint density at radius 1 is 1.41 bits per heavy atom. The van der Waals surface area contributed by atoms with E-state index >= 15 is 0 Å². The standard InChI is InChI=1S/C16H24N2O3.ClH/c1-11(18-16(19)9-12-5-4-8-17-12)14-10-13(20-2)6-7-15(14)21-3;/h6-7,10-12,17H,4-5,8-9H2,1-3H3,(H,18,19);1H. The van der Waals surface area contributed by atoms with Crippen molar-refractivity contribution in [1.29, 1.82) is 0 Å². The van der Waals surface area contributed by atoms with Crippen LogP contribution < -0.4 is 20.1 Å². The molecule has 0 aliphatic carbocycles. The summed E-state index contributed by atoms with van der Waals surface area (Å²) in [6.45, 7) is 2.97. The molecule has 1 heterocycles. The lowest BCUT2D eigenvalue weighted by atomic mass is 10.1. The molecule has 1 aromatic rings. The van der Waals surface area contributed by atoms with Crippen molar-refractivity contribution in [2.24, 2.45) is 0 Å². The van der Waals surface area contributed by atoms with Gasteiger partial charge in [0.15, 0.2) is 0 Å². The lowest BCUT2D eigenvalue weighted by Crippen LogP contribution is -2.33. The van der Waals surface area contributed by atoms with Gasteiger partial charge in [-0.3, -0.25) is 4.79 Å². The number of benzene rings is 1. The van der Waals surface area contributed by atoms with Crippen LogP contribution in [0.2, 0.25) is 0 Å². The second-order valence-electron chi connectivity index (χ2n) is 5.39. The van der Waals surface area contributed by atoms with Gasteiger partial charge in [0.25, 0.3) is 0 Å². The summed E-state index contributed by atoms with van der Waals surface area (Å²) in [5.41, 5.74) is 0.921. The second-order valence-corrected chi connectivity index (χ2v) is 5.39. The summed E-state index contributed by atoms with van der Waals surface area (Å²) < 4.78 is 10.6. The normalized spacial score (nSPS) is 18.2. The van der Waals surface area contributed by atoms with Crippen LogP contribution in [-0.2, 0) is 4.79 Å². The molecule has 0 spiro atoms. The summed E-state index contributed by atoms with van der Waals surface area (Å²) in [5, 5.41) is 6.37. The van der Waals surface area contributed by atoms with Crippen molar-refractivity contribution in [2.45, 2.75) is 38.3 Å². The summed E-state index contributed by atoms with van der Waals surface area (Å²) in [4.78, 5) is 12.1. The van der Waals surface area contributed by atoms with Gasteiger partial charge in [0.1, 0.15) is 11.5 Å². The van der Waals surface area contributed by atoms with Gasteiger partial charge in [-0.1, -0.05) is 0 Å². The molecule has 2 rings (SSSR count). The Kier molecular flexibility index (Phi) is 7.48. The first-order valence-corrected chi connectivity index (χ1v) is 7.38. The van der Waals surface area contributed by atoms with Gasteiger partial charge in [-0.05, 0) is 44.5 Å². The summed E-state index contributed by atoms with van der Waals surface area (Å²) >= 11 is 0. The lowest BCUT2D eigenvalue weighted by molar-refractivity contribution is -0.122. The molecule has 1 amide bonds. The highest BCUT2D eigenvalue weighted by Crippen LogP contribution is 2.29. The maximum Gasteiger partial charge on any atom is 0.222 e. The van der Waals surface area contributed by atoms with Crippen LogP contribution >= 0.6 is 12.4 Å². The monoisotopic (exact) mass is 328 g/mol. The zero-order chi connectivity index (χ0) is 15.2. The molecular formula is C16H25ClN2O3. The van der Waals surface area contributed by atoms with Crippen molar-refractivity contribution >= 4 is 18.3 Å². The topological polar surface area (TPSA) is 59.6 Å². The Hall–Kier alpha value is -1.46. The number of hydrogen-bond donors (Lipinski definition) is 2. The summed E-state index contributed by atoms with van der Waals surface area (Å²) in [7, 11) is 3.25. The number of halogens is 1. The van der Waals surface area contributed by atoms with Gasteiger partial charge in [-0.25, -0.2) is 0 Å². The van der Waals surface area contributed by atoms with Crippen LogP contribution in [0.25, 0.3) is 0 Å². The smallest absolute Gasteiger partial charge is 0.222 e. The third-order valence-corrected chi connectivity index (χ3v) is 3.88. The molecule has 124 valence electrons. The van der Waals surface area contributed by atoms with Crippen molar-refractivity contribution < 1.29 is 14.3 Å². The van der Waals surface area contributed by atoms with Gasteiger partial charge in [-0.2, -0.15) is 0 Å². The first-order valence-electron chi connectivity index (χ1n) is 7.38. The van der Waals surface area contributed by atoms with Crippen molar-refractivity contribution in [2.75, 3.05) is 20.8 Å². The molecule has 1 aromatic carbocycles. The number of amides is 1. The van der Waals surface area contributed by atoms with Crippen molar-refractivity contribution in [3.8, 4) is 11.5 Å². The van der Waals surface area contributed by atoms with Crippen LogP contribution in [0, 0.1) is 0 Å². The Bertz CT molecular complexity index is 490. The zero-order valence-corrected chi connectivity index (χ0v) is 14.2. The van der Waals surface area contributed by atoms with Gasteiger partial charge >= 0.3 is 0 Å². The van der Waals surface area contributed by atoms with Gasteiger partial charge < -0.3 is 20.1 Å². The summed E-state index contributed by atoms with van der Waals surface area (Å²) in [6, 6.07) is 5.79. The number of carbonyl (C=O) groups is 1. The summed E-state index contributed by atoms with van der Waals surface area (Å²) in [5.74, 6) is 1.57. The van der Waals surface area contributed by atoms with Crippen molar-refractivity contribution in [3.05, 3.63) is 23.8 Å². The maximum atomic E-state index is 12.1. The number of ether oxygens (including phenoxy) is 2. The van der Waals surface area contributed by atoms with Crippen LogP contribution in [0.15, 0.2) is 18.2 Å². The van der Waals surface area contributed by atoms with E-state index in [-0.39, 0.29) is 24.4 Å². The molecule has 0 saturated carbocycles. The second kappa shape index (κ2) is 8.86. The van der Waals surface area contributed by atoms with Gasteiger partial charge in [0.05, 0.1) is 20.3 Å². The van der Waals surface area contributed by atoms with E-state index in [4.69, 9.17) is 9.47 Å². The highest BCUT2D eigenvalue weighted by Gasteiger charge is 2.20. The maximum absolute atomic E-state index is 12.1. The Morgan fingerprint density at radius 2 is 2.18 bits per heavy atom. The molecule has 1 aliphatic heterocycles. The zero-order valence-electron chi connectivity index (χ0n) is 13.3. The van der Waals surface area contributed by atoms with E-state index in [0.29, 0.717) is 12.5 Å². The third kappa shape index (κ3) is 4.78. The fraction of sp³-hybridized carbons (Fsp3) is 0.562. The number of nitrogens with one attached hydrogen (secondary N) is 2. The van der Waals surface area contributed by atoms with Gasteiger partial charge in [-0.15, -0.1) is 12.4 Å². The van der Waals surface area contributed by atoms with Gasteiger partial charge in [0.2, 0.25) is 5.91 Å². The van der Waals surface area contributed by atoms with Crippen LogP contribution in [0.5, 0.6) is 11.5 Å². The van der Waals surface area contributed by atoms with E-state index < -0.39 is 0 Å². The average molecular weight is 329 g/mol. The molecule has 22 heavy (non-hydrogen) atoms. The molecule has 0 bridgehead atoms. The molecule has 0 radical (unpaired) electrons. The van der Waals surface area contributed by atoms with E-state index in [2.05, 4.69) is 10.6 Å². The van der Waals surface area contributed by atoms with E-state index in [0.717, 1.165) is 36.4 Å². The Labute approximate surface area is 138 Å². The predicted molar refractivity (Wildman–Crippen MR) is 89.0 cm³/mol. The fourth-order valence-corrected chi connectivity index (χ4v) is 2.71. The molecule has 0 aromatic heterocycles. The molecule has 1 fully saturated rings. The third-order valence-electron chi connectivity index (χ3n) is 3.88. The fourth-order valence-electron chi connectivity index (χ4n) is 2.71. The highest BCUT2D eigenvalue weighted by molar-refractivity contribution is 5.85. The molecule has 1 aliphatic rings. The first-order chi connectivity index (χ1) is 10.1. The van der Waals surface area contributed by atoms with Crippen molar-refractivity contribution in [1.82, 2.24) is 10.6 Å². The molecule has 2 N–H and O–H groups in total. The first kappa shape index (κ1) is 18.6. The van der Waals surface area contributed by atoms with Crippen LogP contribution in [0.3, 0.4) is 0 Å². The predicted octanol–water partition coefficient (Wildman–Crippen LogP) is 2.44. The van der Waals surface area contributed by atoms with Crippen LogP contribution in [0.4, 0.5) is 0 Å². The number of rotatable bonds is 6. The lowest BCUT2D eigenvalue weighted by Gasteiger charge is -2.19. The SMILES string of the molecule is COc1ccc(OC)c(C(C)NC(=O)CC2CCCN2)c1.Cl. The van der Waals surface area contributed by atoms with E-state index in [1.165, 1.54) is 0 Å². The van der Waals surface area contributed by atoms with Crippen molar-refractivity contribution in [3.63, 3.8) is 0 Å². The van der Waals surface area contributed by atoms with E-state index in [9.17, 15) is 4.79 Å². The van der Waals surface area contributed by atoms with E-state index in [1.807, 2.05) is 25.1 Å². The minimum Gasteiger partial charge on any atom is -0.497 e. The minimum absolute atomic E-state index is 0. The summed E-state index contributed by atoms with van der Waals surface area (Å²) in [6.07, 6.45) is 2.75. The van der Waals surface area contributed by atoms with Crippen LogP contribution in [0.1, 0.15) is 37.8 Å². The average Bonchev–Trinajstić information content (AvgIpc) is 2.99. The Balaban J connectivity index is 0.00000242. The minimum atomic E-state index is -0.121. The quantitative estimate of drug-likeness (QED) is 0.842. The van der Waals surface area contributed by atoms with Crippen LogP contribution in [-0.4, -0.2) is 32.7 Å². The molecule has 5 nitrogen and oxygen atoms in total. The van der Waals surface area contributed by atoms with Gasteiger partial charge in [0, 0.05) is 18.0 Å². The number of methoxy groups -OCH3 is 2. The molecular weight excluding hydrogens is 304 g/mol. The number of hydrogen-bond acceptors (Lipinski definition) is 4. The largest absolute Gasteiger partial charge is 0.497 e. The molecule has 1 saturated heterocycles.